The maximum Gasteiger partial charge on any atom is 0.334 e. The minimum atomic E-state index is -0.678. The highest BCUT2D eigenvalue weighted by molar-refractivity contribution is 14.1. The highest BCUT2D eigenvalue weighted by Crippen LogP contribution is 2.42. The van der Waals surface area contributed by atoms with Crippen molar-refractivity contribution in [2.75, 3.05) is 26.2 Å². The summed E-state index contributed by atoms with van der Waals surface area (Å²) in [5.74, 6) is 3.44. The maximum absolute atomic E-state index is 11.5. The molecule has 1 aliphatic carbocycles. The minimum Gasteiger partial charge on any atom is -0.871 e. The third-order valence-electron chi connectivity index (χ3n) is 14.0. The Balaban J connectivity index is 0.000000535. The maximum atomic E-state index is 11.5. The van der Waals surface area contributed by atoms with Crippen LogP contribution >= 0.6 is 251 Å². The van der Waals surface area contributed by atoms with Gasteiger partial charge in [-0.1, -0.05) is 78.1 Å². The summed E-state index contributed by atoms with van der Waals surface area (Å²) in [6, 6.07) is 12.8. The van der Waals surface area contributed by atoms with Gasteiger partial charge in [-0.25, -0.2) is 23.5 Å². The first-order chi connectivity index (χ1) is 43.1. The van der Waals surface area contributed by atoms with Gasteiger partial charge >= 0.3 is 17.9 Å². The van der Waals surface area contributed by atoms with Crippen LogP contribution in [-0.2, 0) is 35.1 Å². The standard InChI is InChI=1S/C13H18O2.C12H21NO2.C10H17NO2.C7H11N2.C6H3Br3O2.3C6H3I3O/c1-5-13(15-12(14)10(2)3)8-6-11(4)7-9-13;1-9(2)11(14)15-12(3,4)10-5-7-13-8-6-10;1-7(2)9(12)13-10(3,4)8-5-11-6-8;1-3-8-5-6-9(4-2)7-8;7-2-1-3(8)6(11)4(9)5(2)10;3*7-3-1-4(8)6(10)5(9)2-3/h1,11H,2,6-9H2,3-4H3;10,13H,1,5-8H2,2-4H3;8,11H,1,5-6H2,2-4H3;3,5-7H,1,4H2,2H3;1,10-11H;3*1-2,10H/q;;;+1;;;;/p-2. The Morgan fingerprint density at radius 1 is 0.667 bits per heavy atom. The molecule has 3 aliphatic rings. The van der Waals surface area contributed by atoms with Crippen LogP contribution in [0.2, 0.25) is 0 Å². The highest BCUT2D eigenvalue weighted by Gasteiger charge is 2.41. The van der Waals surface area contributed by atoms with Crippen molar-refractivity contribution in [3.05, 3.63) is 150 Å². The number of terminal acetylenes is 1. The van der Waals surface area contributed by atoms with Crippen LogP contribution in [0.15, 0.2) is 118 Å². The lowest BCUT2D eigenvalue weighted by atomic mass is 9.80. The number of aromatic nitrogens is 2. The fourth-order valence-corrected chi connectivity index (χ4v) is 20.8. The van der Waals surface area contributed by atoms with E-state index in [0.717, 1.165) is 103 Å². The van der Waals surface area contributed by atoms with Crippen molar-refractivity contribution in [3.8, 4) is 41.1 Å². The van der Waals surface area contributed by atoms with Gasteiger partial charge in [-0.05, 0) is 365 Å². The number of rotatable bonds is 10. The average molecular weight is 2480 g/mol. The number of nitrogens with zero attached hydrogens (tertiary/aromatic N) is 2. The molecule has 8 rings (SSSR count). The monoisotopic (exact) mass is 2480 g/mol. The molecular weight excluding hydrogens is 2410 g/mol. The van der Waals surface area contributed by atoms with Gasteiger partial charge in [-0.3, -0.25) is 0 Å². The number of piperidine rings is 1. The van der Waals surface area contributed by atoms with Crippen molar-refractivity contribution < 1.29 is 69.3 Å². The number of nitrogens with two attached hydrogens (primary N) is 2. The third-order valence-corrected chi connectivity index (χ3v) is 22.6. The summed E-state index contributed by atoms with van der Waals surface area (Å²) >= 11 is 28.0. The average Bonchev–Trinajstić information content (AvgIpc) is 1.27. The molecule has 5 aromatic rings. The number of phenols is 1. The number of quaternary nitrogens is 2. The van der Waals surface area contributed by atoms with Crippen LogP contribution in [0.3, 0.4) is 0 Å². The summed E-state index contributed by atoms with van der Waals surface area (Å²) in [5.41, 5.74) is -0.0254. The summed E-state index contributed by atoms with van der Waals surface area (Å²) in [7, 11) is 0. The lowest BCUT2D eigenvalue weighted by molar-refractivity contribution is -0.728. The summed E-state index contributed by atoms with van der Waals surface area (Å²) in [4.78, 5) is 34.2. The number of esters is 3. The molecule has 512 valence electrons. The molecule has 0 bridgehead atoms. The van der Waals surface area contributed by atoms with Crippen molar-refractivity contribution in [3.63, 3.8) is 0 Å². The zero-order valence-electron chi connectivity index (χ0n) is 52.9. The molecule has 27 heteroatoms. The van der Waals surface area contributed by atoms with E-state index in [1.54, 1.807) is 27.0 Å². The zero-order chi connectivity index (χ0) is 71.5. The van der Waals surface area contributed by atoms with E-state index in [4.69, 9.17) is 20.6 Å². The number of benzene rings is 4. The number of hydrogen-bond acceptors (Lipinski definition) is 11. The number of hydrogen-bond donors (Lipinski definition) is 3. The van der Waals surface area contributed by atoms with Gasteiger partial charge in [0.1, 0.15) is 29.3 Å². The van der Waals surface area contributed by atoms with Gasteiger partial charge < -0.3 is 50.4 Å². The zero-order valence-corrected chi connectivity index (χ0v) is 77.1. The van der Waals surface area contributed by atoms with E-state index in [2.05, 4.69) is 312 Å². The number of halogens is 12. The quantitative estimate of drug-likeness (QED) is 0.0297. The Labute approximate surface area is 697 Å². The Kier molecular flexibility index (Phi) is 44.1. The van der Waals surface area contributed by atoms with Crippen LogP contribution in [-0.4, -0.2) is 70.6 Å². The second kappa shape index (κ2) is 45.0. The molecule has 5 N–H and O–H groups in total. The van der Waals surface area contributed by atoms with E-state index >= 15 is 0 Å². The van der Waals surface area contributed by atoms with E-state index in [0.29, 0.717) is 43.4 Å². The van der Waals surface area contributed by atoms with Gasteiger partial charge in [-0.2, -0.15) is 0 Å². The molecule has 0 amide bonds. The fraction of sp³-hybridized carbons (Fsp3) is 0.394. The molecule has 0 atom stereocenters. The summed E-state index contributed by atoms with van der Waals surface area (Å²) in [6.07, 6.45) is 19.0. The molecule has 3 fully saturated rings. The first-order valence-corrected chi connectivity index (χ1v) is 40.6. The number of phenolic OH excluding ortho intramolecular Hbond substituents is 1. The number of carbonyl (C=O) groups excluding carboxylic acids is 3. The Morgan fingerprint density at radius 3 is 1.34 bits per heavy atom. The number of ether oxygens (including phenoxy) is 3. The molecule has 2 saturated heterocycles. The number of aromatic hydroxyl groups is 1. The first kappa shape index (κ1) is 91.0. The molecule has 0 unspecified atom stereocenters. The molecule has 1 aromatic heterocycles. The van der Waals surface area contributed by atoms with E-state index in [1.807, 2.05) is 87.4 Å². The number of aryl methyl sites for hydroxylation is 1. The first-order valence-electron chi connectivity index (χ1n) is 28.5. The van der Waals surface area contributed by atoms with Crippen molar-refractivity contribution >= 4 is 275 Å². The van der Waals surface area contributed by atoms with E-state index in [9.17, 15) is 39.9 Å². The third kappa shape index (κ3) is 33.5. The molecule has 93 heavy (non-hydrogen) atoms. The van der Waals surface area contributed by atoms with Crippen LogP contribution in [0.5, 0.6) is 28.7 Å². The van der Waals surface area contributed by atoms with Crippen molar-refractivity contribution in [2.45, 2.75) is 124 Å². The molecule has 2 aliphatic heterocycles. The van der Waals surface area contributed by atoms with Crippen LogP contribution < -0.4 is 35.6 Å². The lowest BCUT2D eigenvalue weighted by Gasteiger charge is -2.37. The van der Waals surface area contributed by atoms with E-state index < -0.39 is 5.60 Å². The van der Waals surface area contributed by atoms with Crippen molar-refractivity contribution in [1.82, 2.24) is 4.57 Å². The Hall–Kier alpha value is -0.0500. The van der Waals surface area contributed by atoms with E-state index in [1.165, 1.54) is 6.07 Å². The molecular formula is C66H77Br3I9N4O11-. The van der Waals surface area contributed by atoms with Crippen LogP contribution in [0.1, 0.15) is 101 Å². The SMILES string of the molecule is C#CC1(OC(=O)C(=C)C)CCC(C)CC1.C=C(C)C(=O)OC(C)(C)C1CC[NH2+]CC1.C=C(C)C(=O)OC(C)(C)C1C[NH2+]C1.C=Cn1cc[n+](CC)c1.[O-]c1c(Br)cc(Br)c(O)c1Br.[O-]c1c(I)cc(I)cc1I.[O-]c1c(I)cc(I)cc1I.[O-]c1c(I)cc(I)cc1I. The fourth-order valence-electron chi connectivity index (χ4n) is 7.97. The minimum absolute atomic E-state index is 0.0711. The number of imidazole rings is 1. The molecule has 0 radical (unpaired) electrons. The van der Waals surface area contributed by atoms with Crippen LogP contribution in [0.4, 0.5) is 0 Å². The largest absolute Gasteiger partial charge is 0.871 e. The second-order valence-corrected chi connectivity index (χ2v) is 35.6. The topological polar surface area (TPSA) is 233 Å². The van der Waals surface area contributed by atoms with Crippen LogP contribution in [0, 0.1) is 62.2 Å². The lowest BCUT2D eigenvalue weighted by Crippen LogP contribution is -2.98. The summed E-state index contributed by atoms with van der Waals surface area (Å²) < 4.78 is 29.4. The molecule has 1 saturated carbocycles. The van der Waals surface area contributed by atoms with Crippen LogP contribution in [0.25, 0.3) is 6.20 Å². The summed E-state index contributed by atoms with van der Waals surface area (Å²) in [5, 5.41) is 58.1. The molecule has 0 spiro atoms. The van der Waals surface area contributed by atoms with Gasteiger partial charge in [0.05, 0.1) is 53.8 Å². The molecule has 4 aromatic carbocycles. The van der Waals surface area contributed by atoms with E-state index in [-0.39, 0.29) is 62.3 Å². The van der Waals surface area contributed by atoms with Gasteiger partial charge in [-0.15, -0.1) is 6.42 Å². The van der Waals surface area contributed by atoms with Gasteiger partial charge in [0.25, 0.3) is 0 Å². The second-order valence-electron chi connectivity index (χ2n) is 22.4. The Morgan fingerprint density at radius 2 is 1.04 bits per heavy atom. The normalized spacial score (nSPS) is 15.7. The van der Waals surface area contributed by atoms with Crippen molar-refractivity contribution in [1.29, 1.82) is 0 Å². The summed E-state index contributed by atoms with van der Waals surface area (Å²) in [6.45, 7) is 37.0. The smallest absolute Gasteiger partial charge is 0.334 e. The van der Waals surface area contributed by atoms with Gasteiger partial charge in [0.2, 0.25) is 6.33 Å². The Bertz CT molecular complexity index is 3190. The van der Waals surface area contributed by atoms with Gasteiger partial charge in [0.15, 0.2) is 5.60 Å². The molecule has 3 heterocycles. The van der Waals surface area contributed by atoms with Gasteiger partial charge in [0, 0.05) is 72.1 Å². The predicted molar refractivity (Wildman–Crippen MR) is 449 cm³/mol. The highest BCUT2D eigenvalue weighted by atomic mass is 127. The number of carbonyl (C=O) groups is 3. The molecule has 15 nitrogen and oxygen atoms in total. The van der Waals surface area contributed by atoms with Crippen molar-refractivity contribution in [2.24, 2.45) is 17.8 Å². The predicted octanol–water partition coefficient (Wildman–Crippen LogP) is 15.0.